The largest absolute Gasteiger partial charge is 0.426 e. The Morgan fingerprint density at radius 1 is 0.643 bits per heavy atom. The fourth-order valence-electron chi connectivity index (χ4n) is 7.54. The van der Waals surface area contributed by atoms with Crippen LogP contribution in [-0.4, -0.2) is 30.2 Å². The van der Waals surface area contributed by atoms with Crippen molar-refractivity contribution in [3.05, 3.63) is 125 Å². The Morgan fingerprint density at radius 3 is 1.74 bits per heavy atom. The summed E-state index contributed by atoms with van der Waals surface area (Å²) in [6.45, 7) is 0.234. The molecule has 0 spiro atoms. The molecule has 3 aliphatic carbocycles. The monoisotopic (exact) mass is 554 g/mol. The minimum absolute atomic E-state index is 0.0593. The molecule has 4 aromatic carbocycles. The molecule has 7 heteroatoms. The summed E-state index contributed by atoms with van der Waals surface area (Å²) < 4.78 is 5.71. The number of amides is 3. The molecule has 0 aromatic heterocycles. The fourth-order valence-corrected chi connectivity index (χ4v) is 7.54. The van der Waals surface area contributed by atoms with Crippen LogP contribution in [0.2, 0.25) is 0 Å². The van der Waals surface area contributed by atoms with Crippen molar-refractivity contribution in [3.8, 4) is 5.75 Å². The number of anilines is 2. The summed E-state index contributed by atoms with van der Waals surface area (Å²) in [6.07, 6.45) is 0.0593. The maximum absolute atomic E-state index is 14.1. The topological polar surface area (TPSA) is 84.0 Å². The Balaban J connectivity index is 1.07. The maximum Gasteiger partial charge on any atom is 0.316 e. The molecule has 7 nitrogen and oxygen atoms in total. The van der Waals surface area contributed by atoms with Crippen LogP contribution in [0.5, 0.6) is 5.75 Å². The predicted octanol–water partition coefficient (Wildman–Crippen LogP) is 5.04. The van der Waals surface area contributed by atoms with Crippen molar-refractivity contribution in [2.75, 3.05) is 16.3 Å². The maximum atomic E-state index is 14.1. The van der Waals surface area contributed by atoms with E-state index in [2.05, 4.69) is 24.3 Å². The normalized spacial score (nSPS) is 25.3. The van der Waals surface area contributed by atoms with E-state index in [4.69, 9.17) is 4.74 Å². The minimum Gasteiger partial charge on any atom is -0.426 e. The Hall–Kier alpha value is -5.04. The first-order valence-corrected chi connectivity index (χ1v) is 14.2. The summed E-state index contributed by atoms with van der Waals surface area (Å²) in [7, 11) is 0. The molecule has 0 N–H and O–H groups in total. The van der Waals surface area contributed by atoms with Crippen molar-refractivity contribution < 1.29 is 23.9 Å². The van der Waals surface area contributed by atoms with Gasteiger partial charge in [0.25, 0.3) is 0 Å². The fraction of sp³-hybridized carbons (Fsp3) is 0.200. The zero-order valence-corrected chi connectivity index (χ0v) is 22.6. The molecule has 2 bridgehead atoms. The Bertz CT molecular complexity index is 1680. The molecule has 4 aromatic rings. The average Bonchev–Trinajstić information content (AvgIpc) is 3.54. The molecular weight excluding hydrogens is 528 g/mol. The first kappa shape index (κ1) is 24.7. The summed E-state index contributed by atoms with van der Waals surface area (Å²) in [6, 6.07) is 32.1. The summed E-state index contributed by atoms with van der Waals surface area (Å²) in [5.74, 6) is -2.87. The molecule has 9 rings (SSSR count). The zero-order chi connectivity index (χ0) is 28.5. The second-order valence-corrected chi connectivity index (χ2v) is 11.4. The van der Waals surface area contributed by atoms with E-state index in [0.717, 1.165) is 27.9 Å². The molecule has 3 atom stereocenters. The van der Waals surface area contributed by atoms with Crippen LogP contribution in [0.4, 0.5) is 11.4 Å². The highest BCUT2D eigenvalue weighted by molar-refractivity contribution is 6.23. The highest BCUT2D eigenvalue weighted by Gasteiger charge is 2.61. The molecule has 0 unspecified atom stereocenters. The Kier molecular flexibility index (Phi) is 5.44. The van der Waals surface area contributed by atoms with Gasteiger partial charge in [0.05, 0.1) is 23.4 Å². The van der Waals surface area contributed by atoms with Crippen molar-refractivity contribution in [2.45, 2.75) is 18.3 Å². The van der Waals surface area contributed by atoms with Crippen molar-refractivity contribution in [3.63, 3.8) is 0 Å². The number of nitrogens with zero attached hydrogens (tertiary/aromatic N) is 2. The van der Waals surface area contributed by atoms with E-state index in [1.807, 2.05) is 54.6 Å². The first-order valence-electron chi connectivity index (χ1n) is 14.2. The van der Waals surface area contributed by atoms with Gasteiger partial charge in [-0.2, -0.15) is 0 Å². The summed E-state index contributed by atoms with van der Waals surface area (Å²) in [5, 5.41) is 0. The number of hydrogen-bond donors (Lipinski definition) is 0. The number of imide groups is 1. The van der Waals surface area contributed by atoms with Gasteiger partial charge in [-0.25, -0.2) is 4.90 Å². The lowest BCUT2D eigenvalue weighted by atomic mass is 9.55. The molecule has 3 amide bonds. The SMILES string of the molecule is O=C(Oc1cccc(N2C(=O)[C@@H]3C4c5ccccc5C(c5ccccc54)[C@H]3C2=O)c1)[C@@H]1CC(=O)N(c2ccccc2)C1. The molecule has 5 aliphatic rings. The quantitative estimate of drug-likeness (QED) is 0.201. The van der Waals surface area contributed by atoms with E-state index in [0.29, 0.717) is 5.69 Å². The van der Waals surface area contributed by atoms with E-state index in [9.17, 15) is 19.2 Å². The molecular formula is C35H26N2O5. The van der Waals surface area contributed by atoms with Gasteiger partial charge >= 0.3 is 5.97 Å². The molecule has 0 radical (unpaired) electrons. The lowest BCUT2D eigenvalue weighted by Crippen LogP contribution is -2.41. The van der Waals surface area contributed by atoms with Crippen LogP contribution in [0.25, 0.3) is 0 Å². The molecule has 0 saturated carbocycles. The van der Waals surface area contributed by atoms with Crippen molar-refractivity contribution >= 4 is 35.1 Å². The molecule has 206 valence electrons. The Labute approximate surface area is 242 Å². The molecule has 2 saturated heterocycles. The summed E-state index contributed by atoms with van der Waals surface area (Å²) in [5.41, 5.74) is 5.58. The average molecular weight is 555 g/mol. The van der Waals surface area contributed by atoms with Crippen LogP contribution in [-0.2, 0) is 19.2 Å². The van der Waals surface area contributed by atoms with Gasteiger partial charge in [0.2, 0.25) is 17.7 Å². The third-order valence-corrected chi connectivity index (χ3v) is 9.27. The number of benzene rings is 4. The molecule has 2 heterocycles. The molecule has 42 heavy (non-hydrogen) atoms. The van der Waals surface area contributed by atoms with E-state index >= 15 is 0 Å². The van der Waals surface area contributed by atoms with Gasteiger partial charge in [-0.15, -0.1) is 0 Å². The lowest BCUT2D eigenvalue weighted by Gasteiger charge is -2.45. The smallest absolute Gasteiger partial charge is 0.316 e. The Morgan fingerprint density at radius 2 is 1.17 bits per heavy atom. The van der Waals surface area contributed by atoms with Crippen LogP contribution in [0.15, 0.2) is 103 Å². The lowest BCUT2D eigenvalue weighted by molar-refractivity contribution is -0.139. The van der Waals surface area contributed by atoms with Crippen molar-refractivity contribution in [1.82, 2.24) is 0 Å². The second kappa shape index (κ2) is 9.24. The minimum atomic E-state index is -0.619. The zero-order valence-electron chi connectivity index (χ0n) is 22.6. The number of esters is 1. The summed E-state index contributed by atoms with van der Waals surface area (Å²) >= 11 is 0. The van der Waals surface area contributed by atoms with Crippen LogP contribution < -0.4 is 14.5 Å². The van der Waals surface area contributed by atoms with Crippen LogP contribution >= 0.6 is 0 Å². The third kappa shape index (κ3) is 3.52. The van der Waals surface area contributed by atoms with Crippen LogP contribution in [0, 0.1) is 17.8 Å². The second-order valence-electron chi connectivity index (χ2n) is 11.4. The van der Waals surface area contributed by atoms with E-state index in [1.165, 1.54) is 4.90 Å². The van der Waals surface area contributed by atoms with Gasteiger partial charge < -0.3 is 9.64 Å². The van der Waals surface area contributed by atoms with Gasteiger partial charge in [0.1, 0.15) is 5.75 Å². The van der Waals surface area contributed by atoms with Gasteiger partial charge in [-0.3, -0.25) is 19.2 Å². The first-order chi connectivity index (χ1) is 20.5. The highest BCUT2D eigenvalue weighted by Crippen LogP contribution is 2.61. The van der Waals surface area contributed by atoms with Gasteiger partial charge in [0.15, 0.2) is 0 Å². The number of ether oxygens (including phenoxy) is 1. The number of carbonyl (C=O) groups is 4. The number of para-hydroxylation sites is 1. The van der Waals surface area contributed by atoms with Gasteiger partial charge in [-0.1, -0.05) is 72.8 Å². The van der Waals surface area contributed by atoms with E-state index in [1.54, 1.807) is 29.2 Å². The van der Waals surface area contributed by atoms with Crippen LogP contribution in [0.1, 0.15) is 40.5 Å². The standard InChI is InChI=1S/C35H26N2O5/c38-28-17-20(19-36(28)21-9-2-1-3-10-21)35(41)42-23-12-8-11-22(18-23)37-33(39)31-29-24-13-4-5-14-25(24)30(32(31)34(37)40)27-16-7-6-15-26(27)29/h1-16,18,20,29-32H,17,19H2/t20-,29?,30?,31-,32-/m1/s1. The molecule has 2 aliphatic heterocycles. The van der Waals surface area contributed by atoms with Crippen molar-refractivity contribution in [1.29, 1.82) is 0 Å². The third-order valence-electron chi connectivity index (χ3n) is 9.27. The van der Waals surface area contributed by atoms with Crippen molar-refractivity contribution in [2.24, 2.45) is 17.8 Å². The number of carbonyl (C=O) groups excluding carboxylic acids is 4. The van der Waals surface area contributed by atoms with E-state index in [-0.39, 0.29) is 48.3 Å². The number of hydrogen-bond acceptors (Lipinski definition) is 5. The van der Waals surface area contributed by atoms with Gasteiger partial charge in [0, 0.05) is 36.6 Å². The predicted molar refractivity (Wildman–Crippen MR) is 155 cm³/mol. The summed E-state index contributed by atoms with van der Waals surface area (Å²) in [4.78, 5) is 56.7. The number of rotatable bonds is 4. The van der Waals surface area contributed by atoms with Crippen LogP contribution in [0.3, 0.4) is 0 Å². The molecule has 2 fully saturated rings. The van der Waals surface area contributed by atoms with E-state index < -0.39 is 23.7 Å². The van der Waals surface area contributed by atoms with Gasteiger partial charge in [-0.05, 0) is 46.5 Å². The highest BCUT2D eigenvalue weighted by atomic mass is 16.5.